The molecule has 69 heavy (non-hydrogen) atoms. The number of hydrogen-bond acceptors (Lipinski definition) is 14. The second-order valence-electron chi connectivity index (χ2n) is 17.2. The summed E-state index contributed by atoms with van der Waals surface area (Å²) in [4.78, 5) is 127. The molecule has 1 aromatic rings. The van der Waals surface area contributed by atoms with Crippen LogP contribution in [0.15, 0.2) is 18.2 Å². The third-order valence-electron chi connectivity index (χ3n) is 10.3. The summed E-state index contributed by atoms with van der Waals surface area (Å²) in [6.45, 7) is 4.19. The number of carbonyl (C=O) groups excluding carboxylic acids is 9. The molecule has 7 atom stereocenters. The predicted molar refractivity (Wildman–Crippen MR) is 244 cm³/mol. The smallest absolute Gasteiger partial charge is 0.305 e. The number of aliphatic hydroxyl groups excluding tert-OH is 1. The van der Waals surface area contributed by atoms with Gasteiger partial charge in [-0.1, -0.05) is 20.8 Å². The van der Waals surface area contributed by atoms with Gasteiger partial charge in [0.1, 0.15) is 35.8 Å². The van der Waals surface area contributed by atoms with Gasteiger partial charge in [0, 0.05) is 38.0 Å². The number of amides is 9. The Morgan fingerprint density at radius 1 is 0.812 bits per heavy atom. The van der Waals surface area contributed by atoms with E-state index in [2.05, 4.69) is 37.2 Å². The third-order valence-corrected chi connectivity index (χ3v) is 11.3. The van der Waals surface area contributed by atoms with Crippen molar-refractivity contribution >= 4 is 76.9 Å². The van der Waals surface area contributed by atoms with E-state index in [1.54, 1.807) is 0 Å². The molecular formula is C41H63F2N13O12S. The van der Waals surface area contributed by atoms with Gasteiger partial charge in [-0.15, -0.1) is 0 Å². The second kappa shape index (κ2) is 28.0. The Hall–Kier alpha value is -6.68. The van der Waals surface area contributed by atoms with E-state index in [0.717, 1.165) is 17.0 Å². The van der Waals surface area contributed by atoms with Crippen molar-refractivity contribution < 1.29 is 66.9 Å². The molecule has 1 saturated heterocycles. The Bertz CT molecular complexity index is 2040. The maximum absolute atomic E-state index is 14.1. The zero-order valence-electron chi connectivity index (χ0n) is 38.4. The van der Waals surface area contributed by atoms with E-state index in [0.29, 0.717) is 25.5 Å². The minimum Gasteiger partial charge on any atom is -0.481 e. The van der Waals surface area contributed by atoms with Crippen molar-refractivity contribution in [2.75, 3.05) is 37.7 Å². The molecule has 1 unspecified atom stereocenters. The van der Waals surface area contributed by atoms with Crippen LogP contribution < -0.4 is 60.2 Å². The summed E-state index contributed by atoms with van der Waals surface area (Å²) in [5.74, 6) is -12.0. The van der Waals surface area contributed by atoms with E-state index < -0.39 is 140 Å². The highest BCUT2D eigenvalue weighted by atomic mass is 32.2. The van der Waals surface area contributed by atoms with Crippen LogP contribution in [0.4, 0.5) is 8.78 Å². The SMILES string of the molecule is CC(C)(C)[C@H](CCCNC(=N)N)NC(=O)CSCC[C@@H](N)C(=O)N[C@H](CC(=O)O)C(=O)NCC(=O)N[C@@H](Cc1cc(F)cc(F)c1)C(=O)NCC(=O)N1CC(O)C[C@H]1C(=O)N[C@@H](CC(N)=O)C(N)=O. The summed E-state index contributed by atoms with van der Waals surface area (Å²) in [5, 5.41) is 43.7. The molecule has 28 heteroatoms. The van der Waals surface area contributed by atoms with Gasteiger partial charge >= 0.3 is 5.97 Å². The van der Waals surface area contributed by atoms with E-state index in [4.69, 9.17) is 28.3 Å². The highest BCUT2D eigenvalue weighted by Gasteiger charge is 2.40. The number of carboxylic acids is 1. The van der Waals surface area contributed by atoms with E-state index in [1.165, 1.54) is 11.8 Å². The van der Waals surface area contributed by atoms with Crippen molar-refractivity contribution in [3.63, 3.8) is 0 Å². The fourth-order valence-corrected chi connectivity index (χ4v) is 7.62. The van der Waals surface area contributed by atoms with Crippen molar-refractivity contribution in [1.29, 1.82) is 5.41 Å². The maximum atomic E-state index is 14.1. The lowest BCUT2D eigenvalue weighted by Crippen LogP contribution is -2.56. The molecule has 1 fully saturated rings. The number of nitrogens with two attached hydrogens (primary N) is 4. The molecule has 2 rings (SSSR count). The van der Waals surface area contributed by atoms with Crippen LogP contribution in [0.2, 0.25) is 0 Å². The van der Waals surface area contributed by atoms with Crippen molar-refractivity contribution in [2.45, 2.75) is 108 Å². The van der Waals surface area contributed by atoms with Crippen molar-refractivity contribution in [3.8, 4) is 0 Å². The Balaban J connectivity index is 2.04. The van der Waals surface area contributed by atoms with Crippen LogP contribution in [0.5, 0.6) is 0 Å². The van der Waals surface area contributed by atoms with Crippen LogP contribution >= 0.6 is 11.8 Å². The Kier molecular flexibility index (Phi) is 23.7. The largest absolute Gasteiger partial charge is 0.481 e. The fraction of sp³-hybridized carbons (Fsp3) is 0.585. The molecule has 0 aromatic heterocycles. The van der Waals surface area contributed by atoms with Crippen LogP contribution in [-0.4, -0.2) is 160 Å². The first-order valence-electron chi connectivity index (χ1n) is 21.5. The van der Waals surface area contributed by atoms with Gasteiger partial charge in [0.15, 0.2) is 5.96 Å². The van der Waals surface area contributed by atoms with Crippen LogP contribution in [-0.2, 0) is 54.4 Å². The number of thioether (sulfide) groups is 1. The average molecular weight is 1000 g/mol. The Labute approximate surface area is 400 Å². The number of likely N-dealkylation sites (tertiary alicyclic amines) is 1. The number of nitrogens with zero attached hydrogens (tertiary/aromatic N) is 1. The minimum atomic E-state index is -1.74. The number of aliphatic carboxylic acids is 1. The van der Waals surface area contributed by atoms with E-state index in [1.807, 2.05) is 20.8 Å². The monoisotopic (exact) mass is 999 g/mol. The summed E-state index contributed by atoms with van der Waals surface area (Å²) < 4.78 is 28.2. The van der Waals surface area contributed by atoms with Gasteiger partial charge in [0.25, 0.3) is 0 Å². The van der Waals surface area contributed by atoms with Gasteiger partial charge < -0.3 is 75.3 Å². The molecule has 384 valence electrons. The summed E-state index contributed by atoms with van der Waals surface area (Å²) in [7, 11) is 0. The number of aliphatic hydroxyl groups is 1. The number of halogens is 2. The number of hydrogen-bond donors (Lipinski definition) is 14. The average Bonchev–Trinajstić information content (AvgIpc) is 3.64. The zero-order chi connectivity index (χ0) is 52.2. The summed E-state index contributed by atoms with van der Waals surface area (Å²) in [6, 6.07) is -5.53. The lowest BCUT2D eigenvalue weighted by atomic mass is 9.84. The van der Waals surface area contributed by atoms with E-state index in [9.17, 15) is 66.9 Å². The molecule has 0 spiro atoms. The summed E-state index contributed by atoms with van der Waals surface area (Å²) in [5.41, 5.74) is 21.2. The first kappa shape index (κ1) is 58.4. The number of guanidine groups is 1. The molecule has 0 bridgehead atoms. The molecule has 25 nitrogen and oxygen atoms in total. The molecule has 0 radical (unpaired) electrons. The van der Waals surface area contributed by atoms with Crippen LogP contribution in [0.1, 0.15) is 64.9 Å². The molecule has 0 aliphatic carbocycles. The third kappa shape index (κ3) is 21.9. The van der Waals surface area contributed by atoms with Gasteiger partial charge in [0.2, 0.25) is 53.2 Å². The topological polar surface area (TPSA) is 427 Å². The lowest BCUT2D eigenvalue weighted by molar-refractivity contribution is -0.141. The van der Waals surface area contributed by atoms with Crippen molar-refractivity contribution in [2.24, 2.45) is 28.3 Å². The van der Waals surface area contributed by atoms with Gasteiger partial charge in [-0.25, -0.2) is 8.78 Å². The van der Waals surface area contributed by atoms with E-state index in [-0.39, 0.29) is 53.2 Å². The Morgan fingerprint density at radius 2 is 1.43 bits per heavy atom. The molecule has 1 heterocycles. The number of nitrogens with one attached hydrogen (secondary N) is 8. The number of β-amino-alcohol motifs (C(OH)–C–C–N with tert-alkyl or cyclic N) is 1. The zero-order valence-corrected chi connectivity index (χ0v) is 39.2. The molecule has 1 aliphatic heterocycles. The fourth-order valence-electron chi connectivity index (χ4n) is 6.78. The van der Waals surface area contributed by atoms with Gasteiger partial charge in [-0.05, 0) is 48.1 Å². The highest BCUT2D eigenvalue weighted by Crippen LogP contribution is 2.23. The van der Waals surface area contributed by atoms with Crippen molar-refractivity contribution in [1.82, 2.24) is 42.1 Å². The van der Waals surface area contributed by atoms with E-state index >= 15 is 0 Å². The number of carbonyl (C=O) groups is 10. The Morgan fingerprint density at radius 3 is 2.01 bits per heavy atom. The van der Waals surface area contributed by atoms with Crippen LogP contribution in [0, 0.1) is 22.5 Å². The van der Waals surface area contributed by atoms with Gasteiger partial charge in [-0.2, -0.15) is 11.8 Å². The standard InChI is InChI=1S/C41H63F2N13O12S/c1-41(2,3)29(5-4-7-49-40(47)48)55-32(60)19-69-8-6-24(44)36(65)54-27(15-34(62)63)38(67)50-16-31(59)52-26(11-20-9-21(42)12-22(43)10-20)37(66)51-17-33(61)56-18-23(57)13-28(56)39(68)53-25(35(46)64)14-30(45)58/h9-10,12,23-29,57H,4-8,11,13-19,44H2,1-3H3,(H2,45,58)(H2,46,64)(H,50,67)(H,51,66)(H,52,59)(H,53,68)(H,54,65)(H,55,60)(H,62,63)(H4,47,48,49)/t23?,24-,25+,26+,27-,28+,29+/m1/s1. The quantitative estimate of drug-likeness (QED) is 0.0213. The molecule has 9 amide bonds. The van der Waals surface area contributed by atoms with Gasteiger partial charge in [0.05, 0.1) is 43.8 Å². The number of rotatable bonds is 28. The van der Waals surface area contributed by atoms with Gasteiger partial charge in [-0.3, -0.25) is 53.4 Å². The molecule has 18 N–H and O–H groups in total. The maximum Gasteiger partial charge on any atom is 0.305 e. The minimum absolute atomic E-state index is 0.0168. The predicted octanol–water partition coefficient (Wildman–Crippen LogP) is -4.76. The van der Waals surface area contributed by atoms with Crippen molar-refractivity contribution in [3.05, 3.63) is 35.4 Å². The number of benzene rings is 1. The van der Waals surface area contributed by atoms with Crippen LogP contribution in [0.3, 0.4) is 0 Å². The molecule has 1 aromatic carbocycles. The lowest BCUT2D eigenvalue weighted by Gasteiger charge is -2.31. The number of primary amides is 2. The van der Waals surface area contributed by atoms with Crippen LogP contribution in [0.25, 0.3) is 0 Å². The number of carboxylic acid groups (broad SMARTS) is 1. The second-order valence-corrected chi connectivity index (χ2v) is 18.3. The summed E-state index contributed by atoms with van der Waals surface area (Å²) >= 11 is 1.18. The molecule has 0 saturated carbocycles. The highest BCUT2D eigenvalue weighted by molar-refractivity contribution is 7.99. The molecule has 1 aliphatic rings. The first-order chi connectivity index (χ1) is 32.2. The first-order valence-corrected chi connectivity index (χ1v) is 22.7. The normalized spacial score (nSPS) is 16.6. The molecular weight excluding hydrogens is 937 g/mol. The summed E-state index contributed by atoms with van der Waals surface area (Å²) in [6.07, 6.45) is -2.43.